The molecule has 0 bridgehead atoms. The van der Waals surface area contributed by atoms with Crippen LogP contribution in [0, 0.1) is 0 Å². The normalized spacial score (nSPS) is 11.4. The molecule has 4 aromatic rings. The monoisotopic (exact) mass is 376 g/mol. The maximum absolute atomic E-state index is 13.5. The van der Waals surface area contributed by atoms with Gasteiger partial charge in [-0.3, -0.25) is 13.8 Å². The molecule has 0 spiro atoms. The lowest BCUT2D eigenvalue weighted by atomic mass is 10.2. The summed E-state index contributed by atoms with van der Waals surface area (Å²) in [6.07, 6.45) is 1.42. The van der Waals surface area contributed by atoms with Gasteiger partial charge in [-0.25, -0.2) is 4.98 Å². The molecule has 0 N–H and O–H groups in total. The molecule has 6 heteroatoms. The number of imidazole rings is 1. The van der Waals surface area contributed by atoms with Crippen LogP contribution >= 0.6 is 0 Å². The Bertz CT molecular complexity index is 1190. The minimum absolute atomic E-state index is 0.0358. The van der Waals surface area contributed by atoms with Gasteiger partial charge in [-0.2, -0.15) is 4.98 Å². The first-order valence-electron chi connectivity index (χ1n) is 9.78. The molecule has 0 saturated heterocycles. The van der Waals surface area contributed by atoms with Crippen LogP contribution in [-0.2, 0) is 19.4 Å². The van der Waals surface area contributed by atoms with Crippen molar-refractivity contribution >= 4 is 16.7 Å². The molecule has 4 rings (SSSR count). The Kier molecular flexibility index (Phi) is 4.86. The second-order valence-electron chi connectivity index (χ2n) is 6.67. The van der Waals surface area contributed by atoms with E-state index in [1.165, 1.54) is 0 Å². The topological polar surface area (TPSA) is 61.4 Å². The highest BCUT2D eigenvalue weighted by Gasteiger charge is 2.20. The molecular weight excluding hydrogens is 352 g/mol. The van der Waals surface area contributed by atoms with Crippen molar-refractivity contribution in [2.75, 3.05) is 6.61 Å². The molecule has 28 heavy (non-hydrogen) atoms. The van der Waals surface area contributed by atoms with Crippen molar-refractivity contribution in [3.05, 3.63) is 69.9 Å². The Balaban J connectivity index is 2.10. The van der Waals surface area contributed by atoms with Crippen LogP contribution in [0.15, 0.2) is 47.3 Å². The summed E-state index contributed by atoms with van der Waals surface area (Å²) in [7, 11) is 0. The summed E-state index contributed by atoms with van der Waals surface area (Å²) in [5.74, 6) is 1.40. The highest BCUT2D eigenvalue weighted by molar-refractivity contribution is 5.77. The molecule has 3 heterocycles. The molecule has 0 atom stereocenters. The zero-order valence-electron chi connectivity index (χ0n) is 16.5. The van der Waals surface area contributed by atoms with Crippen LogP contribution in [0.25, 0.3) is 16.7 Å². The second-order valence-corrected chi connectivity index (χ2v) is 6.67. The highest BCUT2D eigenvalue weighted by Crippen LogP contribution is 2.22. The van der Waals surface area contributed by atoms with Gasteiger partial charge in [0.15, 0.2) is 5.65 Å². The molecule has 0 amide bonds. The molecule has 1 aromatic carbocycles. The summed E-state index contributed by atoms with van der Waals surface area (Å²) in [5, 5.41) is 0. The summed E-state index contributed by atoms with van der Waals surface area (Å²) in [6, 6.07) is 13.7. The predicted molar refractivity (Wildman–Crippen MR) is 110 cm³/mol. The zero-order valence-corrected chi connectivity index (χ0v) is 16.5. The third kappa shape index (κ3) is 2.95. The van der Waals surface area contributed by atoms with Crippen molar-refractivity contribution in [2.24, 2.45) is 0 Å². The fraction of sp³-hybridized carbons (Fsp3) is 0.318. The molecule has 3 aromatic heterocycles. The first-order valence-corrected chi connectivity index (χ1v) is 9.78. The van der Waals surface area contributed by atoms with E-state index in [1.807, 2.05) is 67.6 Å². The van der Waals surface area contributed by atoms with E-state index in [9.17, 15) is 4.79 Å². The van der Waals surface area contributed by atoms with Crippen molar-refractivity contribution in [3.63, 3.8) is 0 Å². The second kappa shape index (κ2) is 7.46. The third-order valence-corrected chi connectivity index (χ3v) is 4.93. The lowest BCUT2D eigenvalue weighted by Gasteiger charge is -2.14. The minimum Gasteiger partial charge on any atom is -0.478 e. The van der Waals surface area contributed by atoms with E-state index >= 15 is 0 Å². The van der Waals surface area contributed by atoms with E-state index in [-0.39, 0.29) is 5.56 Å². The van der Waals surface area contributed by atoms with E-state index in [2.05, 4.69) is 0 Å². The first-order chi connectivity index (χ1) is 13.7. The number of aryl methyl sites for hydroxylation is 2. The van der Waals surface area contributed by atoms with Crippen LogP contribution in [0.5, 0.6) is 5.88 Å². The van der Waals surface area contributed by atoms with Gasteiger partial charge in [0.25, 0.3) is 5.56 Å². The molecule has 0 radical (unpaired) electrons. The van der Waals surface area contributed by atoms with E-state index in [1.54, 1.807) is 4.57 Å². The standard InChI is InChI=1S/C22H24N4O2/c1-4-16-20-22(27)25(14-15-10-8-7-9-11-15)17-12-13-19(28-6-3)24-21(17)26(20)18(5-2)23-16/h7-13H,4-6,14H2,1-3H3. The fourth-order valence-corrected chi connectivity index (χ4v) is 3.64. The number of fused-ring (bicyclic) bond motifs is 3. The lowest BCUT2D eigenvalue weighted by molar-refractivity contribution is 0.328. The molecule has 0 aliphatic carbocycles. The summed E-state index contributed by atoms with van der Waals surface area (Å²) < 4.78 is 9.34. The van der Waals surface area contributed by atoms with E-state index in [0.29, 0.717) is 36.6 Å². The Morgan fingerprint density at radius 1 is 0.964 bits per heavy atom. The van der Waals surface area contributed by atoms with E-state index in [0.717, 1.165) is 29.0 Å². The Hall–Kier alpha value is -3.15. The van der Waals surface area contributed by atoms with Crippen molar-refractivity contribution in [2.45, 2.75) is 40.2 Å². The number of ether oxygens (including phenoxy) is 1. The molecule has 0 unspecified atom stereocenters. The number of aromatic nitrogens is 4. The van der Waals surface area contributed by atoms with Gasteiger partial charge in [0.2, 0.25) is 5.88 Å². The van der Waals surface area contributed by atoms with Crippen LogP contribution in [0.1, 0.15) is 37.9 Å². The quantitative estimate of drug-likeness (QED) is 0.516. The number of hydrogen-bond acceptors (Lipinski definition) is 4. The first kappa shape index (κ1) is 18.2. The average molecular weight is 376 g/mol. The van der Waals surface area contributed by atoms with Gasteiger partial charge < -0.3 is 4.74 Å². The van der Waals surface area contributed by atoms with Gasteiger partial charge in [0.1, 0.15) is 11.3 Å². The van der Waals surface area contributed by atoms with Crippen LogP contribution < -0.4 is 10.3 Å². The highest BCUT2D eigenvalue weighted by atomic mass is 16.5. The molecule has 0 aliphatic rings. The fourth-order valence-electron chi connectivity index (χ4n) is 3.64. The van der Waals surface area contributed by atoms with Gasteiger partial charge in [-0.05, 0) is 25.0 Å². The van der Waals surface area contributed by atoms with Crippen LogP contribution in [-0.4, -0.2) is 25.5 Å². The summed E-state index contributed by atoms with van der Waals surface area (Å²) in [5.41, 5.74) is 3.95. The number of nitrogens with zero attached hydrogens (tertiary/aromatic N) is 4. The van der Waals surface area contributed by atoms with Gasteiger partial charge in [0.05, 0.1) is 24.4 Å². The average Bonchev–Trinajstić information content (AvgIpc) is 3.11. The molecule has 144 valence electrons. The number of benzene rings is 1. The largest absolute Gasteiger partial charge is 0.478 e. The Morgan fingerprint density at radius 2 is 1.75 bits per heavy atom. The lowest BCUT2D eigenvalue weighted by Crippen LogP contribution is -2.25. The summed E-state index contributed by atoms with van der Waals surface area (Å²) >= 11 is 0. The van der Waals surface area contributed by atoms with E-state index < -0.39 is 0 Å². The van der Waals surface area contributed by atoms with Crippen LogP contribution in [0.2, 0.25) is 0 Å². The molecule has 0 aliphatic heterocycles. The number of pyridine rings is 1. The number of hydrogen-bond donors (Lipinski definition) is 0. The maximum atomic E-state index is 13.5. The molecule has 0 fully saturated rings. The third-order valence-electron chi connectivity index (χ3n) is 4.93. The zero-order chi connectivity index (χ0) is 19.7. The molecular formula is C22H24N4O2. The Labute approximate surface area is 163 Å². The van der Waals surface area contributed by atoms with Gasteiger partial charge >= 0.3 is 0 Å². The molecule has 0 saturated carbocycles. The van der Waals surface area contributed by atoms with Crippen molar-refractivity contribution < 1.29 is 4.74 Å². The number of rotatable bonds is 6. The Morgan fingerprint density at radius 3 is 2.43 bits per heavy atom. The van der Waals surface area contributed by atoms with Gasteiger partial charge in [-0.1, -0.05) is 44.2 Å². The summed E-state index contributed by atoms with van der Waals surface area (Å²) in [6.45, 7) is 7.02. The van der Waals surface area contributed by atoms with E-state index in [4.69, 9.17) is 14.7 Å². The molecule has 6 nitrogen and oxygen atoms in total. The smallest absolute Gasteiger partial charge is 0.277 e. The van der Waals surface area contributed by atoms with Crippen molar-refractivity contribution in [1.29, 1.82) is 0 Å². The summed E-state index contributed by atoms with van der Waals surface area (Å²) in [4.78, 5) is 23.0. The predicted octanol–water partition coefficient (Wildman–Crippen LogP) is 3.62. The SMILES string of the molecule is CCOc1ccc2c(n1)n1c(CC)nc(CC)c1c(=O)n2Cc1ccccc1. The maximum Gasteiger partial charge on any atom is 0.277 e. The minimum atomic E-state index is -0.0358. The van der Waals surface area contributed by atoms with Crippen LogP contribution in [0.3, 0.4) is 0 Å². The van der Waals surface area contributed by atoms with Crippen molar-refractivity contribution in [1.82, 2.24) is 18.9 Å². The van der Waals surface area contributed by atoms with Crippen molar-refractivity contribution in [3.8, 4) is 5.88 Å². The van der Waals surface area contributed by atoms with Gasteiger partial charge in [-0.15, -0.1) is 0 Å². The van der Waals surface area contributed by atoms with Gasteiger partial charge in [0, 0.05) is 12.5 Å². The van der Waals surface area contributed by atoms with Crippen LogP contribution in [0.4, 0.5) is 0 Å².